The number of aliphatic carboxylic acids is 1. The maximum Gasteiger partial charge on any atom is 0.326 e. The van der Waals surface area contributed by atoms with Crippen molar-refractivity contribution in [3.63, 3.8) is 0 Å². The number of amides is 3. The molecule has 9 heteroatoms. The van der Waals surface area contributed by atoms with Crippen molar-refractivity contribution < 1.29 is 24.3 Å². The molecule has 3 amide bonds. The SMILES string of the molecule is CC(C)CC(N)C(=O)NC(C(=O)NCC(=O)NC(C(=O)O)C(C)C)C(C)C. The molecule has 0 radical (unpaired) electrons. The molecule has 0 aliphatic heterocycles. The van der Waals surface area contributed by atoms with E-state index in [1.54, 1.807) is 27.7 Å². The number of carboxylic acid groups (broad SMARTS) is 1. The summed E-state index contributed by atoms with van der Waals surface area (Å²) in [5, 5.41) is 16.5. The summed E-state index contributed by atoms with van der Waals surface area (Å²) in [6, 6.07) is -2.60. The third-order valence-corrected chi connectivity index (χ3v) is 3.98. The van der Waals surface area contributed by atoms with E-state index in [1.807, 2.05) is 13.8 Å². The van der Waals surface area contributed by atoms with E-state index >= 15 is 0 Å². The molecule has 0 aliphatic rings. The fourth-order valence-corrected chi connectivity index (χ4v) is 2.43. The zero-order valence-electron chi connectivity index (χ0n) is 17.0. The molecule has 0 rings (SSSR count). The van der Waals surface area contributed by atoms with Crippen LogP contribution in [0.2, 0.25) is 0 Å². The van der Waals surface area contributed by atoms with Crippen LogP contribution in [0.25, 0.3) is 0 Å². The predicted molar refractivity (Wildman–Crippen MR) is 102 cm³/mol. The highest BCUT2D eigenvalue weighted by Gasteiger charge is 2.28. The molecule has 0 aromatic heterocycles. The van der Waals surface area contributed by atoms with Gasteiger partial charge >= 0.3 is 5.97 Å². The van der Waals surface area contributed by atoms with Crippen LogP contribution in [0.5, 0.6) is 0 Å². The second-order valence-electron chi connectivity index (χ2n) is 7.81. The largest absolute Gasteiger partial charge is 0.480 e. The Morgan fingerprint density at radius 2 is 1.37 bits per heavy atom. The molecule has 0 aromatic rings. The van der Waals surface area contributed by atoms with Gasteiger partial charge in [0.1, 0.15) is 12.1 Å². The smallest absolute Gasteiger partial charge is 0.326 e. The minimum absolute atomic E-state index is 0.217. The second kappa shape index (κ2) is 11.5. The Morgan fingerprint density at radius 3 is 1.78 bits per heavy atom. The molecule has 27 heavy (non-hydrogen) atoms. The van der Waals surface area contributed by atoms with Gasteiger partial charge in [0.15, 0.2) is 0 Å². The van der Waals surface area contributed by atoms with Crippen molar-refractivity contribution in [3.05, 3.63) is 0 Å². The average Bonchev–Trinajstić information content (AvgIpc) is 2.53. The lowest BCUT2D eigenvalue weighted by Crippen LogP contribution is -2.55. The van der Waals surface area contributed by atoms with E-state index < -0.39 is 41.8 Å². The van der Waals surface area contributed by atoms with Gasteiger partial charge in [-0.1, -0.05) is 41.5 Å². The lowest BCUT2D eigenvalue weighted by Gasteiger charge is -2.24. The van der Waals surface area contributed by atoms with Gasteiger partial charge in [-0.25, -0.2) is 4.79 Å². The summed E-state index contributed by atoms with van der Waals surface area (Å²) in [6.45, 7) is 10.4. The quantitative estimate of drug-likeness (QED) is 0.333. The molecule has 0 heterocycles. The van der Waals surface area contributed by atoms with Crippen LogP contribution in [0.15, 0.2) is 0 Å². The summed E-state index contributed by atoms with van der Waals surface area (Å²) >= 11 is 0. The van der Waals surface area contributed by atoms with Crippen molar-refractivity contribution in [2.24, 2.45) is 23.5 Å². The van der Waals surface area contributed by atoms with Gasteiger partial charge in [0, 0.05) is 0 Å². The van der Waals surface area contributed by atoms with Gasteiger partial charge in [0.2, 0.25) is 17.7 Å². The van der Waals surface area contributed by atoms with E-state index in [-0.39, 0.29) is 24.3 Å². The van der Waals surface area contributed by atoms with Gasteiger partial charge in [-0.05, 0) is 24.2 Å². The number of carboxylic acids is 1. The molecule has 6 N–H and O–H groups in total. The number of hydrogen-bond donors (Lipinski definition) is 5. The van der Waals surface area contributed by atoms with Crippen LogP contribution < -0.4 is 21.7 Å². The first kappa shape index (κ1) is 24.8. The van der Waals surface area contributed by atoms with E-state index in [0.717, 1.165) is 0 Å². The standard InChI is InChI=1S/C18H34N4O5/c1-9(2)7-12(19)16(24)22-14(10(3)4)17(25)20-8-13(23)21-15(11(5)6)18(26)27/h9-12,14-15H,7-8,19H2,1-6H3,(H,20,25)(H,21,23)(H,22,24)(H,26,27). The Balaban J connectivity index is 4.74. The number of carbonyl (C=O) groups excluding carboxylic acids is 3. The minimum Gasteiger partial charge on any atom is -0.480 e. The lowest BCUT2D eigenvalue weighted by atomic mass is 10.0. The number of rotatable bonds is 11. The van der Waals surface area contributed by atoms with Crippen molar-refractivity contribution in [1.29, 1.82) is 0 Å². The Hall–Kier alpha value is -2.16. The van der Waals surface area contributed by atoms with Crippen molar-refractivity contribution in [3.8, 4) is 0 Å². The molecule has 0 saturated carbocycles. The Morgan fingerprint density at radius 1 is 0.852 bits per heavy atom. The van der Waals surface area contributed by atoms with Crippen LogP contribution in [0.4, 0.5) is 0 Å². The van der Waals surface area contributed by atoms with Crippen LogP contribution in [-0.2, 0) is 19.2 Å². The molecule has 156 valence electrons. The van der Waals surface area contributed by atoms with Crippen LogP contribution in [0, 0.1) is 17.8 Å². The third-order valence-electron chi connectivity index (χ3n) is 3.98. The highest BCUT2D eigenvalue weighted by Crippen LogP contribution is 2.06. The fraction of sp³-hybridized carbons (Fsp3) is 0.778. The molecule has 3 atom stereocenters. The zero-order chi connectivity index (χ0) is 21.3. The summed E-state index contributed by atoms with van der Waals surface area (Å²) < 4.78 is 0. The van der Waals surface area contributed by atoms with Gasteiger partial charge in [0.05, 0.1) is 12.6 Å². The zero-order valence-corrected chi connectivity index (χ0v) is 17.0. The van der Waals surface area contributed by atoms with Gasteiger partial charge in [0.25, 0.3) is 0 Å². The van der Waals surface area contributed by atoms with Crippen molar-refractivity contribution in [1.82, 2.24) is 16.0 Å². The molecule has 0 aromatic carbocycles. The predicted octanol–water partition coefficient (Wildman–Crippen LogP) is -0.158. The van der Waals surface area contributed by atoms with Gasteiger partial charge < -0.3 is 26.8 Å². The summed E-state index contributed by atoms with van der Waals surface area (Å²) in [7, 11) is 0. The highest BCUT2D eigenvalue weighted by molar-refractivity contribution is 5.92. The topological polar surface area (TPSA) is 151 Å². The van der Waals surface area contributed by atoms with Gasteiger partial charge in [-0.15, -0.1) is 0 Å². The number of nitrogens with one attached hydrogen (secondary N) is 3. The summed E-state index contributed by atoms with van der Waals surface area (Å²) in [6.07, 6.45) is 0.493. The van der Waals surface area contributed by atoms with Crippen molar-refractivity contribution >= 4 is 23.7 Å². The monoisotopic (exact) mass is 386 g/mol. The summed E-state index contributed by atoms with van der Waals surface area (Å²) in [4.78, 5) is 47.6. The third kappa shape index (κ3) is 9.37. The Labute approximate surface area is 160 Å². The molecular weight excluding hydrogens is 352 g/mol. The van der Waals surface area contributed by atoms with E-state index in [2.05, 4.69) is 16.0 Å². The fourth-order valence-electron chi connectivity index (χ4n) is 2.43. The normalized spacial score (nSPS) is 14.6. The van der Waals surface area contributed by atoms with E-state index in [9.17, 15) is 19.2 Å². The average molecular weight is 386 g/mol. The molecule has 9 nitrogen and oxygen atoms in total. The van der Waals surface area contributed by atoms with Gasteiger partial charge in [-0.3, -0.25) is 14.4 Å². The Kier molecular flexibility index (Phi) is 10.6. The van der Waals surface area contributed by atoms with Crippen LogP contribution in [0.3, 0.4) is 0 Å². The van der Waals surface area contributed by atoms with E-state index in [1.165, 1.54) is 0 Å². The number of hydrogen-bond acceptors (Lipinski definition) is 5. The number of carbonyl (C=O) groups is 4. The molecular formula is C18H34N4O5. The molecule has 3 unspecified atom stereocenters. The van der Waals surface area contributed by atoms with Crippen LogP contribution in [0.1, 0.15) is 48.0 Å². The first-order valence-electron chi connectivity index (χ1n) is 9.22. The highest BCUT2D eigenvalue weighted by atomic mass is 16.4. The van der Waals surface area contributed by atoms with Crippen LogP contribution >= 0.6 is 0 Å². The second-order valence-corrected chi connectivity index (χ2v) is 7.81. The maximum absolute atomic E-state index is 12.4. The summed E-state index contributed by atoms with van der Waals surface area (Å²) in [5.41, 5.74) is 5.84. The van der Waals surface area contributed by atoms with Crippen molar-refractivity contribution in [2.75, 3.05) is 6.54 Å². The molecule has 0 fully saturated rings. The van der Waals surface area contributed by atoms with Gasteiger partial charge in [-0.2, -0.15) is 0 Å². The van der Waals surface area contributed by atoms with E-state index in [0.29, 0.717) is 6.42 Å². The lowest BCUT2D eigenvalue weighted by molar-refractivity contribution is -0.143. The molecule has 0 bridgehead atoms. The molecule has 0 spiro atoms. The first-order chi connectivity index (χ1) is 12.4. The minimum atomic E-state index is -1.14. The number of nitrogens with two attached hydrogens (primary N) is 1. The maximum atomic E-state index is 12.4. The molecule has 0 saturated heterocycles. The Bertz CT molecular complexity index is 534. The molecule has 0 aliphatic carbocycles. The van der Waals surface area contributed by atoms with Crippen LogP contribution in [-0.4, -0.2) is 53.5 Å². The summed E-state index contributed by atoms with van der Waals surface area (Å²) in [5.74, 6) is -2.98. The first-order valence-corrected chi connectivity index (χ1v) is 9.22. The van der Waals surface area contributed by atoms with E-state index in [4.69, 9.17) is 10.8 Å². The van der Waals surface area contributed by atoms with Crippen molar-refractivity contribution in [2.45, 2.75) is 66.1 Å².